The molecule has 0 unspecified atom stereocenters. The molecule has 0 spiro atoms. The predicted molar refractivity (Wildman–Crippen MR) is 66.0 cm³/mol. The van der Waals surface area contributed by atoms with E-state index in [0.29, 0.717) is 5.82 Å². The molecule has 1 aliphatic heterocycles. The van der Waals surface area contributed by atoms with Gasteiger partial charge in [-0.1, -0.05) is 19.1 Å². The minimum Gasteiger partial charge on any atom is -0.454 e. The highest BCUT2D eigenvalue weighted by Crippen LogP contribution is 2.34. The van der Waals surface area contributed by atoms with E-state index in [1.54, 1.807) is 4.68 Å². The molecule has 94 valence electrons. The first-order valence-corrected chi connectivity index (χ1v) is 5.78. The Hall–Kier alpha value is -2.24. The second-order valence-electron chi connectivity index (χ2n) is 4.46. The van der Waals surface area contributed by atoms with Crippen molar-refractivity contribution >= 4 is 5.82 Å². The van der Waals surface area contributed by atoms with Crippen LogP contribution in [0.25, 0.3) is 5.69 Å². The summed E-state index contributed by atoms with van der Waals surface area (Å²) in [6.07, 6.45) is 0. The number of nitrogen functional groups attached to an aromatic ring is 1. The molecule has 2 N–H and O–H groups in total. The monoisotopic (exact) mass is 246 g/mol. The van der Waals surface area contributed by atoms with Crippen LogP contribution in [-0.2, 0) is 0 Å². The molecule has 1 aromatic carbocycles. The van der Waals surface area contributed by atoms with Gasteiger partial charge in [-0.05, 0) is 18.1 Å². The van der Waals surface area contributed by atoms with Crippen LogP contribution in [0.15, 0.2) is 18.2 Å². The summed E-state index contributed by atoms with van der Waals surface area (Å²) in [5, 5.41) is 8.00. The quantitative estimate of drug-likeness (QED) is 0.872. The molecule has 6 heteroatoms. The highest BCUT2D eigenvalue weighted by atomic mass is 16.7. The molecule has 18 heavy (non-hydrogen) atoms. The molecule has 1 aromatic heterocycles. The van der Waals surface area contributed by atoms with Gasteiger partial charge in [0.25, 0.3) is 0 Å². The van der Waals surface area contributed by atoms with Gasteiger partial charge in [0.15, 0.2) is 17.3 Å². The average Bonchev–Trinajstić information content (AvgIpc) is 2.93. The third-order valence-corrected chi connectivity index (χ3v) is 2.88. The van der Waals surface area contributed by atoms with E-state index in [0.717, 1.165) is 22.9 Å². The Morgan fingerprint density at radius 3 is 2.83 bits per heavy atom. The molecule has 2 heterocycles. The normalized spacial score (nSPS) is 13.3. The topological polar surface area (TPSA) is 75.2 Å². The second-order valence-corrected chi connectivity index (χ2v) is 4.46. The van der Waals surface area contributed by atoms with E-state index < -0.39 is 0 Å². The fraction of sp³-hybridized carbons (Fsp3) is 0.333. The van der Waals surface area contributed by atoms with Gasteiger partial charge in [-0.15, -0.1) is 5.10 Å². The standard InChI is InChI=1S/C12H14N4O2/c1-7(2)11-12(13)14-15-16(11)8-3-4-9-10(5-8)18-6-17-9/h3-5,7H,6,13H2,1-2H3. The number of nitrogens with zero attached hydrogens (tertiary/aromatic N) is 3. The minimum atomic E-state index is 0.241. The summed E-state index contributed by atoms with van der Waals surface area (Å²) in [5.41, 5.74) is 7.61. The first-order chi connectivity index (χ1) is 8.66. The summed E-state index contributed by atoms with van der Waals surface area (Å²) in [4.78, 5) is 0. The Balaban J connectivity index is 2.10. The third-order valence-electron chi connectivity index (χ3n) is 2.88. The van der Waals surface area contributed by atoms with Crippen LogP contribution < -0.4 is 15.2 Å². The van der Waals surface area contributed by atoms with Gasteiger partial charge < -0.3 is 15.2 Å². The van der Waals surface area contributed by atoms with Crippen LogP contribution in [0.3, 0.4) is 0 Å². The van der Waals surface area contributed by atoms with Crippen LogP contribution in [0.5, 0.6) is 11.5 Å². The molecule has 0 amide bonds. The Bertz CT molecular complexity index is 592. The second kappa shape index (κ2) is 3.90. The van der Waals surface area contributed by atoms with Crippen LogP contribution in [0.2, 0.25) is 0 Å². The van der Waals surface area contributed by atoms with Crippen LogP contribution in [-0.4, -0.2) is 21.8 Å². The Morgan fingerprint density at radius 2 is 2.06 bits per heavy atom. The summed E-state index contributed by atoms with van der Waals surface area (Å²) in [6, 6.07) is 5.65. The molecule has 0 fully saturated rings. The maximum absolute atomic E-state index is 5.84. The minimum absolute atomic E-state index is 0.241. The van der Waals surface area contributed by atoms with E-state index in [2.05, 4.69) is 24.2 Å². The highest BCUT2D eigenvalue weighted by Gasteiger charge is 2.18. The van der Waals surface area contributed by atoms with E-state index in [1.807, 2.05) is 18.2 Å². The SMILES string of the molecule is CC(C)c1c(N)nnn1-c1ccc2c(c1)OCO2. The number of aromatic nitrogens is 3. The van der Waals surface area contributed by atoms with Crippen LogP contribution in [0.1, 0.15) is 25.5 Å². The van der Waals surface area contributed by atoms with E-state index in [-0.39, 0.29) is 12.7 Å². The molecule has 0 atom stereocenters. The van der Waals surface area contributed by atoms with Gasteiger partial charge >= 0.3 is 0 Å². The van der Waals surface area contributed by atoms with Crippen molar-refractivity contribution in [2.75, 3.05) is 12.5 Å². The predicted octanol–water partition coefficient (Wildman–Crippen LogP) is 1.70. The molecule has 1 aliphatic rings. The Labute approximate surface area is 104 Å². The number of hydrogen-bond donors (Lipinski definition) is 1. The molecule has 0 saturated heterocycles. The lowest BCUT2D eigenvalue weighted by atomic mass is 10.1. The van der Waals surface area contributed by atoms with Crippen LogP contribution >= 0.6 is 0 Å². The van der Waals surface area contributed by atoms with Crippen molar-refractivity contribution in [2.24, 2.45) is 0 Å². The fourth-order valence-electron chi connectivity index (χ4n) is 2.05. The largest absolute Gasteiger partial charge is 0.454 e. The number of ether oxygens (including phenoxy) is 2. The Morgan fingerprint density at radius 1 is 1.28 bits per heavy atom. The van der Waals surface area contributed by atoms with Crippen molar-refractivity contribution < 1.29 is 9.47 Å². The van der Waals surface area contributed by atoms with Gasteiger partial charge in [-0.2, -0.15) is 0 Å². The molecular weight excluding hydrogens is 232 g/mol. The average molecular weight is 246 g/mol. The lowest BCUT2D eigenvalue weighted by molar-refractivity contribution is 0.174. The third kappa shape index (κ3) is 1.57. The maximum Gasteiger partial charge on any atom is 0.231 e. The zero-order valence-electron chi connectivity index (χ0n) is 10.3. The Kier molecular flexibility index (Phi) is 2.36. The summed E-state index contributed by atoms with van der Waals surface area (Å²) in [7, 11) is 0. The van der Waals surface area contributed by atoms with Gasteiger partial charge in [-0.3, -0.25) is 0 Å². The lowest BCUT2D eigenvalue weighted by Gasteiger charge is -2.09. The molecular formula is C12H14N4O2. The van der Waals surface area contributed by atoms with E-state index in [9.17, 15) is 0 Å². The number of rotatable bonds is 2. The zero-order chi connectivity index (χ0) is 12.7. The number of hydrogen-bond acceptors (Lipinski definition) is 5. The fourth-order valence-corrected chi connectivity index (χ4v) is 2.05. The first-order valence-electron chi connectivity index (χ1n) is 5.78. The van der Waals surface area contributed by atoms with Crippen LogP contribution in [0.4, 0.5) is 5.82 Å². The molecule has 3 rings (SSSR count). The number of anilines is 1. The molecule has 0 radical (unpaired) electrons. The van der Waals surface area contributed by atoms with Crippen molar-refractivity contribution in [1.29, 1.82) is 0 Å². The highest BCUT2D eigenvalue weighted by molar-refractivity contribution is 5.51. The first kappa shape index (κ1) is 10.9. The van der Waals surface area contributed by atoms with E-state index in [1.165, 1.54) is 0 Å². The van der Waals surface area contributed by atoms with Crippen molar-refractivity contribution in [3.05, 3.63) is 23.9 Å². The van der Waals surface area contributed by atoms with Gasteiger partial charge in [0.2, 0.25) is 6.79 Å². The molecule has 0 bridgehead atoms. The molecule has 0 aliphatic carbocycles. The van der Waals surface area contributed by atoms with Crippen molar-refractivity contribution in [3.63, 3.8) is 0 Å². The van der Waals surface area contributed by atoms with Gasteiger partial charge in [-0.25, -0.2) is 4.68 Å². The summed E-state index contributed by atoms with van der Waals surface area (Å²) in [6.45, 7) is 4.37. The van der Waals surface area contributed by atoms with Crippen molar-refractivity contribution in [2.45, 2.75) is 19.8 Å². The van der Waals surface area contributed by atoms with Gasteiger partial charge in [0, 0.05) is 6.07 Å². The van der Waals surface area contributed by atoms with Crippen molar-refractivity contribution in [3.8, 4) is 17.2 Å². The molecule has 6 nitrogen and oxygen atoms in total. The summed E-state index contributed by atoms with van der Waals surface area (Å²) in [5.74, 6) is 2.17. The van der Waals surface area contributed by atoms with Gasteiger partial charge in [0.1, 0.15) is 0 Å². The number of benzene rings is 1. The van der Waals surface area contributed by atoms with Crippen LogP contribution in [0, 0.1) is 0 Å². The van der Waals surface area contributed by atoms with Crippen molar-refractivity contribution in [1.82, 2.24) is 15.0 Å². The summed E-state index contributed by atoms with van der Waals surface area (Å²) >= 11 is 0. The maximum atomic E-state index is 5.84. The van der Waals surface area contributed by atoms with E-state index in [4.69, 9.17) is 15.2 Å². The summed E-state index contributed by atoms with van der Waals surface area (Å²) < 4.78 is 12.4. The molecule has 0 saturated carbocycles. The van der Waals surface area contributed by atoms with Gasteiger partial charge in [0.05, 0.1) is 11.4 Å². The van der Waals surface area contributed by atoms with E-state index >= 15 is 0 Å². The number of fused-ring (bicyclic) bond motifs is 1. The zero-order valence-corrected chi connectivity index (χ0v) is 10.3. The number of nitrogens with two attached hydrogens (primary N) is 1. The smallest absolute Gasteiger partial charge is 0.231 e. The lowest BCUT2D eigenvalue weighted by Crippen LogP contribution is -2.05. The molecule has 2 aromatic rings.